The highest BCUT2D eigenvalue weighted by Gasteiger charge is 2.17. The summed E-state index contributed by atoms with van der Waals surface area (Å²) in [6.45, 7) is 6.24. The smallest absolute Gasteiger partial charge is 0.238 e. The van der Waals surface area contributed by atoms with E-state index in [9.17, 15) is 8.42 Å². The normalized spacial score (nSPS) is 17.1. The molecule has 20 heavy (non-hydrogen) atoms. The van der Waals surface area contributed by atoms with Crippen LogP contribution in [0.15, 0.2) is 29.2 Å². The molecule has 6 heteroatoms. The zero-order valence-electron chi connectivity index (χ0n) is 11.9. The third-order valence-corrected chi connectivity index (χ3v) is 4.78. The van der Waals surface area contributed by atoms with Gasteiger partial charge in [-0.1, -0.05) is 0 Å². The fraction of sp³-hybridized carbons (Fsp3) is 0.571. The van der Waals surface area contributed by atoms with Crippen molar-refractivity contribution in [1.82, 2.24) is 5.32 Å². The summed E-state index contributed by atoms with van der Waals surface area (Å²) in [6, 6.07) is 6.83. The summed E-state index contributed by atoms with van der Waals surface area (Å²) in [5.41, 5.74) is 1.05. The number of benzene rings is 1. The van der Waals surface area contributed by atoms with Gasteiger partial charge in [-0.05, 0) is 63.0 Å². The van der Waals surface area contributed by atoms with Crippen LogP contribution in [0.4, 0.5) is 5.69 Å². The average Bonchev–Trinajstić information content (AvgIpc) is 2.45. The van der Waals surface area contributed by atoms with Gasteiger partial charge in [0.15, 0.2) is 0 Å². The topological polar surface area (TPSA) is 75.4 Å². The van der Waals surface area contributed by atoms with E-state index in [-0.39, 0.29) is 4.90 Å². The molecule has 0 aliphatic carbocycles. The maximum absolute atomic E-state index is 11.3. The monoisotopic (exact) mass is 297 g/mol. The molecule has 0 atom stereocenters. The molecule has 1 fully saturated rings. The minimum atomic E-state index is -3.61. The first-order chi connectivity index (χ1) is 9.50. The highest BCUT2D eigenvalue weighted by Crippen LogP contribution is 2.21. The third-order valence-electron chi connectivity index (χ3n) is 3.85. The van der Waals surface area contributed by atoms with Crippen molar-refractivity contribution in [2.24, 2.45) is 11.1 Å². The van der Waals surface area contributed by atoms with Crippen molar-refractivity contribution in [2.45, 2.75) is 24.7 Å². The first-order valence-electron chi connectivity index (χ1n) is 7.09. The van der Waals surface area contributed by atoms with E-state index < -0.39 is 10.0 Å². The zero-order valence-corrected chi connectivity index (χ0v) is 12.7. The van der Waals surface area contributed by atoms with Crippen LogP contribution < -0.4 is 15.4 Å². The average molecular weight is 297 g/mol. The molecular formula is C14H23N3O2S. The third kappa shape index (κ3) is 3.94. The van der Waals surface area contributed by atoms with Gasteiger partial charge < -0.3 is 10.2 Å². The van der Waals surface area contributed by atoms with E-state index in [0.717, 1.165) is 31.9 Å². The number of piperidine rings is 1. The molecule has 1 heterocycles. The Morgan fingerprint density at radius 3 is 2.35 bits per heavy atom. The predicted molar refractivity (Wildman–Crippen MR) is 81.3 cm³/mol. The number of sulfonamides is 1. The van der Waals surface area contributed by atoms with Crippen LogP contribution >= 0.6 is 0 Å². The molecule has 3 N–H and O–H groups in total. The molecule has 0 unspecified atom stereocenters. The van der Waals surface area contributed by atoms with Gasteiger partial charge in [0.05, 0.1) is 4.90 Å². The lowest BCUT2D eigenvalue weighted by Crippen LogP contribution is -2.36. The van der Waals surface area contributed by atoms with E-state index in [4.69, 9.17) is 5.14 Å². The van der Waals surface area contributed by atoms with Crippen molar-refractivity contribution >= 4 is 15.7 Å². The maximum atomic E-state index is 11.3. The van der Waals surface area contributed by atoms with Crippen molar-refractivity contribution in [3.05, 3.63) is 24.3 Å². The van der Waals surface area contributed by atoms with Crippen LogP contribution in [0.2, 0.25) is 0 Å². The quantitative estimate of drug-likeness (QED) is 0.855. The molecule has 1 aliphatic rings. The number of rotatable bonds is 5. The molecule has 1 saturated heterocycles. The molecule has 0 amide bonds. The minimum absolute atomic E-state index is 0.166. The van der Waals surface area contributed by atoms with Crippen molar-refractivity contribution in [2.75, 3.05) is 31.1 Å². The molecule has 0 spiro atoms. The van der Waals surface area contributed by atoms with Crippen LogP contribution in [0, 0.1) is 5.92 Å². The molecule has 1 aromatic carbocycles. The highest BCUT2D eigenvalue weighted by molar-refractivity contribution is 7.89. The first kappa shape index (κ1) is 15.3. The fourth-order valence-electron chi connectivity index (χ4n) is 2.64. The Hall–Kier alpha value is -1.11. The van der Waals surface area contributed by atoms with Crippen molar-refractivity contribution < 1.29 is 8.42 Å². The van der Waals surface area contributed by atoms with Crippen molar-refractivity contribution in [3.8, 4) is 0 Å². The van der Waals surface area contributed by atoms with Gasteiger partial charge in [0.1, 0.15) is 0 Å². The van der Waals surface area contributed by atoms with Gasteiger partial charge in [0.2, 0.25) is 10.0 Å². The maximum Gasteiger partial charge on any atom is 0.238 e. The van der Waals surface area contributed by atoms with Gasteiger partial charge in [-0.3, -0.25) is 0 Å². The molecule has 1 aromatic rings. The standard InChI is InChI=1S/C14H23N3O2S/c1-2-17(11-12-7-9-16-10-8-12)13-3-5-14(6-4-13)20(15,18)19/h3-6,12,16H,2,7-11H2,1H3,(H2,15,18,19). The lowest BCUT2D eigenvalue weighted by Gasteiger charge is -2.31. The molecule has 0 bridgehead atoms. The number of anilines is 1. The van der Waals surface area contributed by atoms with Gasteiger partial charge >= 0.3 is 0 Å². The number of primary sulfonamides is 1. The second kappa shape index (κ2) is 6.56. The Labute approximate surface area is 121 Å². The molecule has 2 rings (SSSR count). The summed E-state index contributed by atoms with van der Waals surface area (Å²) in [5, 5.41) is 8.49. The largest absolute Gasteiger partial charge is 0.372 e. The summed E-state index contributed by atoms with van der Waals surface area (Å²) in [6.07, 6.45) is 2.40. The SMILES string of the molecule is CCN(CC1CCNCC1)c1ccc(S(N)(=O)=O)cc1. The van der Waals surface area contributed by atoms with Crippen molar-refractivity contribution in [3.63, 3.8) is 0 Å². The molecule has 0 aromatic heterocycles. The number of nitrogens with zero attached hydrogens (tertiary/aromatic N) is 1. The Morgan fingerprint density at radius 1 is 1.25 bits per heavy atom. The second-order valence-electron chi connectivity index (χ2n) is 5.27. The van der Waals surface area contributed by atoms with E-state index >= 15 is 0 Å². The van der Waals surface area contributed by atoms with Crippen LogP contribution in [0.5, 0.6) is 0 Å². The van der Waals surface area contributed by atoms with Crippen LogP contribution in [0.3, 0.4) is 0 Å². The Kier molecular flexibility index (Phi) is 5.01. The van der Waals surface area contributed by atoms with Crippen LogP contribution in [0.1, 0.15) is 19.8 Å². The van der Waals surface area contributed by atoms with Gasteiger partial charge in [-0.15, -0.1) is 0 Å². The van der Waals surface area contributed by atoms with Gasteiger partial charge in [0.25, 0.3) is 0 Å². The molecule has 5 nitrogen and oxygen atoms in total. The first-order valence-corrected chi connectivity index (χ1v) is 8.64. The van der Waals surface area contributed by atoms with E-state index in [2.05, 4.69) is 17.1 Å². The minimum Gasteiger partial charge on any atom is -0.372 e. The number of hydrogen-bond donors (Lipinski definition) is 2. The van der Waals surface area contributed by atoms with Crippen LogP contribution in [0.25, 0.3) is 0 Å². The predicted octanol–water partition coefficient (Wildman–Crippen LogP) is 1.16. The molecule has 0 radical (unpaired) electrons. The number of nitrogens with one attached hydrogen (secondary N) is 1. The molecule has 0 saturated carbocycles. The summed E-state index contributed by atoms with van der Waals surface area (Å²) < 4.78 is 22.5. The van der Waals surface area contributed by atoms with E-state index in [1.54, 1.807) is 12.1 Å². The Morgan fingerprint density at radius 2 is 1.85 bits per heavy atom. The Balaban J connectivity index is 2.07. The summed E-state index contributed by atoms with van der Waals surface area (Å²) >= 11 is 0. The fourth-order valence-corrected chi connectivity index (χ4v) is 3.16. The molecule has 1 aliphatic heterocycles. The lowest BCUT2D eigenvalue weighted by molar-refractivity contribution is 0.374. The number of hydrogen-bond acceptors (Lipinski definition) is 4. The van der Waals surface area contributed by atoms with E-state index in [1.807, 2.05) is 12.1 Å². The van der Waals surface area contributed by atoms with E-state index in [1.165, 1.54) is 12.8 Å². The van der Waals surface area contributed by atoms with Gasteiger partial charge in [-0.2, -0.15) is 0 Å². The Bertz CT molecular complexity index is 522. The number of nitrogens with two attached hydrogens (primary N) is 1. The molecular weight excluding hydrogens is 274 g/mol. The zero-order chi connectivity index (χ0) is 14.6. The van der Waals surface area contributed by atoms with Gasteiger partial charge in [0, 0.05) is 18.8 Å². The second-order valence-corrected chi connectivity index (χ2v) is 6.83. The van der Waals surface area contributed by atoms with Crippen molar-refractivity contribution in [1.29, 1.82) is 0 Å². The summed E-state index contributed by atoms with van der Waals surface area (Å²) in [4.78, 5) is 2.46. The highest BCUT2D eigenvalue weighted by atomic mass is 32.2. The van der Waals surface area contributed by atoms with Crippen LogP contribution in [-0.4, -0.2) is 34.6 Å². The van der Waals surface area contributed by atoms with E-state index in [0.29, 0.717) is 5.92 Å². The summed E-state index contributed by atoms with van der Waals surface area (Å²) in [5.74, 6) is 0.703. The van der Waals surface area contributed by atoms with Crippen LogP contribution in [-0.2, 0) is 10.0 Å². The lowest BCUT2D eigenvalue weighted by atomic mass is 9.97. The summed E-state index contributed by atoms with van der Waals surface area (Å²) in [7, 11) is -3.61. The molecule has 112 valence electrons. The van der Waals surface area contributed by atoms with Gasteiger partial charge in [-0.25, -0.2) is 13.6 Å².